The topological polar surface area (TPSA) is 75.4 Å². The lowest BCUT2D eigenvalue weighted by molar-refractivity contribution is -0.123. The second kappa shape index (κ2) is 8.88. The van der Waals surface area contributed by atoms with E-state index in [-0.39, 0.29) is 12.5 Å². The number of hydrogen-bond donors (Lipinski definition) is 3. The molecule has 0 fully saturated rings. The van der Waals surface area contributed by atoms with Crippen molar-refractivity contribution in [2.24, 2.45) is 5.73 Å². The maximum Gasteiger partial charge on any atom is 0.239 e. The van der Waals surface area contributed by atoms with Crippen LogP contribution in [0.1, 0.15) is 13.3 Å². The summed E-state index contributed by atoms with van der Waals surface area (Å²) in [5.41, 5.74) is 6.38. The fourth-order valence-electron chi connectivity index (χ4n) is 1.02. The van der Waals surface area contributed by atoms with Gasteiger partial charge in [-0.15, -0.1) is 0 Å². The quantitative estimate of drug-likeness (QED) is 0.551. The highest BCUT2D eigenvalue weighted by molar-refractivity contribution is 5.81. The van der Waals surface area contributed by atoms with Crippen molar-refractivity contribution in [1.82, 2.24) is 5.32 Å². The maximum atomic E-state index is 11.2. The van der Waals surface area contributed by atoms with Crippen LogP contribution >= 0.6 is 0 Å². The van der Waals surface area contributed by atoms with Gasteiger partial charge in [-0.2, -0.15) is 0 Å². The van der Waals surface area contributed by atoms with Crippen molar-refractivity contribution in [1.29, 1.82) is 0 Å². The van der Waals surface area contributed by atoms with Crippen LogP contribution in [0.5, 0.6) is 0 Å². The molecular weight excluding hydrogens is 204 g/mol. The Kier molecular flexibility index (Phi) is 8.11. The van der Waals surface area contributed by atoms with E-state index in [1.807, 2.05) is 25.2 Å². The van der Waals surface area contributed by atoms with Crippen LogP contribution in [0.4, 0.5) is 0 Å². The van der Waals surface area contributed by atoms with E-state index in [4.69, 9.17) is 10.8 Å². The molecule has 0 unspecified atom stereocenters. The summed E-state index contributed by atoms with van der Waals surface area (Å²) < 4.78 is 0. The average molecular weight is 224 g/mol. The van der Waals surface area contributed by atoms with Gasteiger partial charge in [0.05, 0.1) is 6.61 Å². The molecule has 0 spiro atoms. The lowest BCUT2D eigenvalue weighted by Crippen LogP contribution is -2.43. The van der Waals surface area contributed by atoms with Crippen molar-refractivity contribution >= 4 is 5.91 Å². The summed E-state index contributed by atoms with van der Waals surface area (Å²) in [6.07, 6.45) is 8.21. The number of carbonyl (C=O) groups excluding carboxylic acids is 1. The number of nitrogens with two attached hydrogens (primary N) is 1. The van der Waals surface area contributed by atoms with Crippen molar-refractivity contribution in [2.75, 3.05) is 13.2 Å². The summed E-state index contributed by atoms with van der Waals surface area (Å²) in [5.74, 6) is -0.336. The van der Waals surface area contributed by atoms with Crippen molar-refractivity contribution in [3.05, 3.63) is 36.5 Å². The molecule has 4 N–H and O–H groups in total. The second-order valence-corrected chi connectivity index (χ2v) is 3.30. The molecular formula is C12H20N2O2. The van der Waals surface area contributed by atoms with E-state index in [0.29, 0.717) is 13.0 Å². The molecule has 4 nitrogen and oxygen atoms in total. The van der Waals surface area contributed by atoms with Crippen LogP contribution in [0, 0.1) is 0 Å². The summed E-state index contributed by atoms with van der Waals surface area (Å²) >= 11 is 0. The maximum absolute atomic E-state index is 11.2. The third-order valence-corrected chi connectivity index (χ3v) is 2.01. The number of aliphatic hydroxyl groups excluding tert-OH is 1. The van der Waals surface area contributed by atoms with Crippen LogP contribution in [-0.2, 0) is 4.79 Å². The fourth-order valence-corrected chi connectivity index (χ4v) is 1.02. The number of nitrogens with one attached hydrogen (secondary N) is 1. The van der Waals surface area contributed by atoms with E-state index in [2.05, 4.69) is 11.9 Å². The van der Waals surface area contributed by atoms with E-state index in [9.17, 15) is 4.79 Å². The standard InChI is InChI=1S/C12H20N2O2/c1-3-5-6-10(4-2)7-8-14-12(16)11(13)9-15/h3-6,11,15H,2,7-9,13H2,1H3,(H,14,16)/b5-3-,10-6+/t11-/m0/s1. The Bertz CT molecular complexity index is 283. The highest BCUT2D eigenvalue weighted by Gasteiger charge is 2.10. The van der Waals surface area contributed by atoms with Gasteiger partial charge in [-0.25, -0.2) is 0 Å². The minimum atomic E-state index is -0.841. The van der Waals surface area contributed by atoms with Crippen molar-refractivity contribution < 1.29 is 9.90 Å². The molecule has 0 aliphatic heterocycles. The number of rotatable bonds is 7. The zero-order valence-electron chi connectivity index (χ0n) is 9.65. The summed E-state index contributed by atoms with van der Waals surface area (Å²) in [7, 11) is 0. The Morgan fingerprint density at radius 1 is 1.62 bits per heavy atom. The zero-order valence-corrected chi connectivity index (χ0v) is 9.65. The molecule has 0 aromatic rings. The Morgan fingerprint density at radius 3 is 2.81 bits per heavy atom. The molecule has 4 heteroatoms. The third-order valence-electron chi connectivity index (χ3n) is 2.01. The molecule has 0 aliphatic rings. The van der Waals surface area contributed by atoms with Gasteiger partial charge in [0, 0.05) is 6.54 Å². The molecule has 0 bridgehead atoms. The molecule has 0 aromatic carbocycles. The van der Waals surface area contributed by atoms with Gasteiger partial charge < -0.3 is 16.2 Å². The SMILES string of the molecule is C=C/C(=C\C=C/C)CCNC(=O)[C@@H](N)CO. The van der Waals surface area contributed by atoms with Gasteiger partial charge in [-0.05, 0) is 18.9 Å². The van der Waals surface area contributed by atoms with Crippen LogP contribution in [0.25, 0.3) is 0 Å². The molecule has 0 aromatic heterocycles. The number of amides is 1. The largest absolute Gasteiger partial charge is 0.394 e. The highest BCUT2D eigenvalue weighted by Crippen LogP contribution is 2.01. The van der Waals surface area contributed by atoms with E-state index in [0.717, 1.165) is 5.57 Å². The lowest BCUT2D eigenvalue weighted by Gasteiger charge is -2.09. The van der Waals surface area contributed by atoms with Gasteiger partial charge in [0.25, 0.3) is 0 Å². The third kappa shape index (κ3) is 6.16. The van der Waals surface area contributed by atoms with Gasteiger partial charge in [0.15, 0.2) is 0 Å². The Labute approximate surface area is 96.5 Å². The zero-order chi connectivity index (χ0) is 12.4. The van der Waals surface area contributed by atoms with E-state index in [1.54, 1.807) is 6.08 Å². The molecule has 0 rings (SSSR count). The van der Waals surface area contributed by atoms with Crippen molar-refractivity contribution in [3.63, 3.8) is 0 Å². The predicted molar refractivity (Wildman–Crippen MR) is 65.8 cm³/mol. The summed E-state index contributed by atoms with van der Waals surface area (Å²) in [5, 5.41) is 11.3. The molecule has 90 valence electrons. The number of hydrogen-bond acceptors (Lipinski definition) is 3. The van der Waals surface area contributed by atoms with Gasteiger partial charge >= 0.3 is 0 Å². The van der Waals surface area contributed by atoms with Gasteiger partial charge in [-0.1, -0.05) is 30.9 Å². The molecule has 1 amide bonds. The van der Waals surface area contributed by atoms with Crippen molar-refractivity contribution in [3.8, 4) is 0 Å². The minimum absolute atomic E-state index is 0.336. The molecule has 16 heavy (non-hydrogen) atoms. The summed E-state index contributed by atoms with van der Waals surface area (Å²) in [6, 6.07) is -0.841. The lowest BCUT2D eigenvalue weighted by atomic mass is 10.1. The first-order valence-corrected chi connectivity index (χ1v) is 5.24. The Hall–Kier alpha value is -1.39. The van der Waals surface area contributed by atoms with Crippen LogP contribution in [0.15, 0.2) is 36.5 Å². The van der Waals surface area contributed by atoms with Crippen LogP contribution in [0.3, 0.4) is 0 Å². The smallest absolute Gasteiger partial charge is 0.239 e. The molecule has 0 saturated carbocycles. The number of aliphatic hydroxyl groups is 1. The van der Waals surface area contributed by atoms with Crippen LogP contribution in [-0.4, -0.2) is 30.2 Å². The predicted octanol–water partition coefficient (Wildman–Crippen LogP) is 0.501. The van der Waals surface area contributed by atoms with E-state index >= 15 is 0 Å². The molecule has 0 radical (unpaired) electrons. The van der Waals surface area contributed by atoms with Gasteiger partial charge in [-0.3, -0.25) is 4.79 Å². The Balaban J connectivity index is 3.96. The summed E-state index contributed by atoms with van der Waals surface area (Å²) in [4.78, 5) is 11.2. The molecule has 0 aliphatic carbocycles. The normalized spacial score (nSPS) is 13.8. The monoisotopic (exact) mass is 224 g/mol. The minimum Gasteiger partial charge on any atom is -0.394 e. The van der Waals surface area contributed by atoms with E-state index < -0.39 is 6.04 Å². The van der Waals surface area contributed by atoms with Crippen LogP contribution < -0.4 is 11.1 Å². The fraction of sp³-hybridized carbons (Fsp3) is 0.417. The number of carbonyl (C=O) groups is 1. The van der Waals surface area contributed by atoms with Gasteiger partial charge in [0.2, 0.25) is 5.91 Å². The first kappa shape index (κ1) is 14.6. The molecule has 0 saturated heterocycles. The van der Waals surface area contributed by atoms with E-state index in [1.165, 1.54) is 0 Å². The summed E-state index contributed by atoms with van der Waals surface area (Å²) in [6.45, 7) is 5.76. The Morgan fingerprint density at radius 2 is 2.31 bits per heavy atom. The number of allylic oxidation sites excluding steroid dienone is 4. The first-order chi connectivity index (χ1) is 7.65. The molecule has 0 heterocycles. The average Bonchev–Trinajstić information content (AvgIpc) is 2.32. The van der Waals surface area contributed by atoms with Crippen LogP contribution in [0.2, 0.25) is 0 Å². The first-order valence-electron chi connectivity index (χ1n) is 5.24. The molecule has 1 atom stereocenters. The second-order valence-electron chi connectivity index (χ2n) is 3.30. The van der Waals surface area contributed by atoms with Gasteiger partial charge in [0.1, 0.15) is 6.04 Å². The van der Waals surface area contributed by atoms with Crippen molar-refractivity contribution in [2.45, 2.75) is 19.4 Å². The highest BCUT2D eigenvalue weighted by atomic mass is 16.3.